The fraction of sp³-hybridized carbons (Fsp3) is 0.533. The highest BCUT2D eigenvalue weighted by atomic mass is 35.5. The highest BCUT2D eigenvalue weighted by molar-refractivity contribution is 5.94. The molecule has 1 aromatic carbocycles. The second-order valence-electron chi connectivity index (χ2n) is 5.40. The number of nitrogens with zero attached hydrogens (tertiary/aromatic N) is 1. The lowest BCUT2D eigenvalue weighted by Gasteiger charge is -2.38. The van der Waals surface area contributed by atoms with Crippen molar-refractivity contribution in [3.63, 3.8) is 0 Å². The summed E-state index contributed by atoms with van der Waals surface area (Å²) in [6.07, 6.45) is 2.94. The minimum absolute atomic E-state index is 0. The van der Waals surface area contributed by atoms with E-state index in [1.165, 1.54) is 6.07 Å². The first-order chi connectivity index (χ1) is 9.00. The molecule has 0 aromatic heterocycles. The molecule has 3 nitrogen and oxygen atoms in total. The van der Waals surface area contributed by atoms with Crippen LogP contribution in [0.25, 0.3) is 0 Å². The summed E-state index contributed by atoms with van der Waals surface area (Å²) in [5.74, 6) is -0.682. The molecule has 112 valence electrons. The van der Waals surface area contributed by atoms with Gasteiger partial charge >= 0.3 is 0 Å². The molecule has 5 heteroatoms. The fourth-order valence-electron chi connectivity index (χ4n) is 2.70. The van der Waals surface area contributed by atoms with Crippen molar-refractivity contribution < 1.29 is 9.18 Å². The predicted octanol–water partition coefficient (Wildman–Crippen LogP) is 2.90. The highest BCUT2D eigenvalue weighted by Gasteiger charge is 2.30. The number of likely N-dealkylation sites (tertiary alicyclic amines) is 1. The van der Waals surface area contributed by atoms with Crippen LogP contribution in [0.4, 0.5) is 4.39 Å². The second-order valence-corrected chi connectivity index (χ2v) is 5.40. The van der Waals surface area contributed by atoms with Crippen molar-refractivity contribution in [2.24, 2.45) is 5.73 Å². The molecule has 2 atom stereocenters. The Morgan fingerprint density at radius 1 is 1.45 bits per heavy atom. The number of halogens is 2. The Balaban J connectivity index is 0.00000200. The van der Waals surface area contributed by atoms with Gasteiger partial charge in [-0.3, -0.25) is 4.79 Å². The number of hydrogen-bond acceptors (Lipinski definition) is 2. The molecule has 0 spiro atoms. The van der Waals surface area contributed by atoms with Gasteiger partial charge in [-0.05, 0) is 50.8 Å². The summed E-state index contributed by atoms with van der Waals surface area (Å²) < 4.78 is 13.9. The maximum absolute atomic E-state index is 13.9. The van der Waals surface area contributed by atoms with Gasteiger partial charge in [-0.15, -0.1) is 12.4 Å². The van der Waals surface area contributed by atoms with Gasteiger partial charge in [0.05, 0.1) is 5.56 Å². The van der Waals surface area contributed by atoms with Gasteiger partial charge in [0.25, 0.3) is 5.91 Å². The van der Waals surface area contributed by atoms with Gasteiger partial charge in [-0.25, -0.2) is 4.39 Å². The summed E-state index contributed by atoms with van der Waals surface area (Å²) in [7, 11) is 0. The van der Waals surface area contributed by atoms with Crippen LogP contribution < -0.4 is 5.73 Å². The maximum atomic E-state index is 13.9. The number of carbonyl (C=O) groups is 1. The Hall–Kier alpha value is -1.13. The number of carbonyl (C=O) groups excluding carboxylic acids is 1. The molecule has 1 aliphatic heterocycles. The average molecular weight is 301 g/mol. The standard InChI is InChI=1S/C15H21FN2O.ClH/c1-10-6-7-12(13(16)9-10)15(19)18-8-4-3-5-14(18)11(2)17;/h6-7,9,11,14H,3-5,8,17H2,1-2H3;1H. The molecule has 2 rings (SSSR count). The van der Waals surface area contributed by atoms with Crippen molar-refractivity contribution in [1.29, 1.82) is 0 Å². The molecule has 20 heavy (non-hydrogen) atoms. The van der Waals surface area contributed by atoms with E-state index in [-0.39, 0.29) is 36.0 Å². The second kappa shape index (κ2) is 7.04. The quantitative estimate of drug-likeness (QED) is 0.913. The number of nitrogens with two attached hydrogens (primary N) is 1. The highest BCUT2D eigenvalue weighted by Crippen LogP contribution is 2.22. The lowest BCUT2D eigenvalue weighted by Crippen LogP contribution is -2.51. The SMILES string of the molecule is Cc1ccc(C(=O)N2CCCCC2C(C)N)c(F)c1.Cl. The molecule has 0 aliphatic carbocycles. The van der Waals surface area contributed by atoms with Crippen LogP contribution >= 0.6 is 12.4 Å². The first-order valence-electron chi connectivity index (χ1n) is 6.83. The van der Waals surface area contributed by atoms with Gasteiger partial charge < -0.3 is 10.6 Å². The molecular weight excluding hydrogens is 279 g/mol. The van der Waals surface area contributed by atoms with Crippen molar-refractivity contribution >= 4 is 18.3 Å². The van der Waals surface area contributed by atoms with E-state index in [4.69, 9.17) is 5.73 Å². The molecule has 0 radical (unpaired) electrons. The topological polar surface area (TPSA) is 46.3 Å². The number of amides is 1. The molecule has 1 saturated heterocycles. The van der Waals surface area contributed by atoms with E-state index in [2.05, 4.69) is 0 Å². The molecule has 2 N–H and O–H groups in total. The van der Waals surface area contributed by atoms with E-state index in [0.29, 0.717) is 6.54 Å². The van der Waals surface area contributed by atoms with Crippen LogP contribution in [0, 0.1) is 12.7 Å². The Morgan fingerprint density at radius 2 is 2.15 bits per heavy atom. The number of aryl methyl sites for hydroxylation is 1. The zero-order chi connectivity index (χ0) is 14.0. The van der Waals surface area contributed by atoms with Crippen LogP contribution in [0.1, 0.15) is 42.1 Å². The van der Waals surface area contributed by atoms with Crippen molar-refractivity contribution in [3.05, 3.63) is 35.1 Å². The Kier molecular flexibility index (Phi) is 5.96. The minimum Gasteiger partial charge on any atom is -0.334 e. The number of hydrogen-bond donors (Lipinski definition) is 1. The Morgan fingerprint density at radius 3 is 2.75 bits per heavy atom. The third kappa shape index (κ3) is 3.49. The summed E-state index contributed by atoms with van der Waals surface area (Å²) in [5, 5.41) is 0. The van der Waals surface area contributed by atoms with Gasteiger partial charge in [0.1, 0.15) is 5.82 Å². The lowest BCUT2D eigenvalue weighted by molar-refractivity contribution is 0.0579. The van der Waals surface area contributed by atoms with Crippen molar-refractivity contribution in [3.8, 4) is 0 Å². The smallest absolute Gasteiger partial charge is 0.257 e. The third-order valence-electron chi connectivity index (χ3n) is 3.77. The van der Waals surface area contributed by atoms with E-state index >= 15 is 0 Å². The monoisotopic (exact) mass is 300 g/mol. The van der Waals surface area contributed by atoms with E-state index in [0.717, 1.165) is 24.8 Å². The van der Waals surface area contributed by atoms with Crippen LogP contribution in [0.5, 0.6) is 0 Å². The van der Waals surface area contributed by atoms with Gasteiger partial charge in [0.2, 0.25) is 0 Å². The van der Waals surface area contributed by atoms with Crippen molar-refractivity contribution in [2.75, 3.05) is 6.54 Å². The molecule has 1 aromatic rings. The van der Waals surface area contributed by atoms with E-state index in [1.807, 2.05) is 13.8 Å². The third-order valence-corrected chi connectivity index (χ3v) is 3.77. The van der Waals surface area contributed by atoms with Crippen LogP contribution in [0.15, 0.2) is 18.2 Å². The lowest BCUT2D eigenvalue weighted by atomic mass is 9.96. The van der Waals surface area contributed by atoms with Gasteiger partial charge in [0, 0.05) is 18.6 Å². The summed E-state index contributed by atoms with van der Waals surface area (Å²) in [6, 6.07) is 4.67. The molecule has 0 bridgehead atoms. The molecular formula is C15H22ClFN2O. The van der Waals surface area contributed by atoms with Crippen LogP contribution in [0.2, 0.25) is 0 Å². The summed E-state index contributed by atoms with van der Waals surface area (Å²) >= 11 is 0. The van der Waals surface area contributed by atoms with Crippen molar-refractivity contribution in [2.45, 2.75) is 45.2 Å². The summed E-state index contributed by atoms with van der Waals surface area (Å²) in [6.45, 7) is 4.38. The molecule has 0 saturated carbocycles. The fourth-order valence-corrected chi connectivity index (χ4v) is 2.70. The van der Waals surface area contributed by atoms with Crippen LogP contribution in [0.3, 0.4) is 0 Å². The Labute approximate surface area is 125 Å². The van der Waals surface area contributed by atoms with Gasteiger partial charge in [0.15, 0.2) is 0 Å². The van der Waals surface area contributed by atoms with E-state index in [9.17, 15) is 9.18 Å². The van der Waals surface area contributed by atoms with E-state index in [1.54, 1.807) is 17.0 Å². The molecule has 1 amide bonds. The maximum Gasteiger partial charge on any atom is 0.257 e. The molecule has 1 fully saturated rings. The van der Waals surface area contributed by atoms with E-state index < -0.39 is 5.82 Å². The molecule has 1 heterocycles. The average Bonchev–Trinajstić information content (AvgIpc) is 2.38. The predicted molar refractivity (Wildman–Crippen MR) is 80.7 cm³/mol. The molecule has 2 unspecified atom stereocenters. The molecule has 1 aliphatic rings. The number of rotatable bonds is 2. The van der Waals surface area contributed by atoms with Gasteiger partial charge in [-0.2, -0.15) is 0 Å². The number of piperidine rings is 1. The Bertz CT molecular complexity index is 479. The normalized spacial score (nSPS) is 20.2. The van der Waals surface area contributed by atoms with Crippen molar-refractivity contribution in [1.82, 2.24) is 4.90 Å². The largest absolute Gasteiger partial charge is 0.334 e. The minimum atomic E-state index is -0.445. The van der Waals surface area contributed by atoms with Crippen LogP contribution in [-0.2, 0) is 0 Å². The number of benzene rings is 1. The van der Waals surface area contributed by atoms with Crippen LogP contribution in [-0.4, -0.2) is 29.4 Å². The zero-order valence-corrected chi connectivity index (χ0v) is 12.8. The first kappa shape index (κ1) is 16.9. The van der Waals surface area contributed by atoms with Gasteiger partial charge in [-0.1, -0.05) is 6.07 Å². The summed E-state index contributed by atoms with van der Waals surface area (Å²) in [4.78, 5) is 14.2. The summed E-state index contributed by atoms with van der Waals surface area (Å²) in [5.41, 5.74) is 6.92. The first-order valence-corrected chi connectivity index (χ1v) is 6.83. The zero-order valence-electron chi connectivity index (χ0n) is 11.9.